The largest absolute Gasteiger partial charge is 0.491 e. The van der Waals surface area contributed by atoms with Gasteiger partial charge in [0.15, 0.2) is 0 Å². The molecule has 0 saturated carbocycles. The van der Waals surface area contributed by atoms with E-state index in [4.69, 9.17) is 18.9 Å². The second-order valence-corrected chi connectivity index (χ2v) is 7.85. The molecule has 0 heterocycles. The van der Waals surface area contributed by atoms with E-state index in [1.165, 1.54) is 25.3 Å². The van der Waals surface area contributed by atoms with E-state index in [9.17, 15) is 14.3 Å². The van der Waals surface area contributed by atoms with Crippen molar-refractivity contribution in [3.05, 3.63) is 95.8 Å². The lowest BCUT2D eigenvalue weighted by Gasteiger charge is -2.19. The third-order valence-electron chi connectivity index (χ3n) is 5.14. The minimum Gasteiger partial charge on any atom is -0.491 e. The van der Waals surface area contributed by atoms with Crippen molar-refractivity contribution in [2.75, 3.05) is 33.9 Å². The SMILES string of the molecule is COC(=O)C(=Cc1ccc(OCC(O)CNCC(OC)Oc2ccccc2)cc1)c1cccc(F)c1. The second kappa shape index (κ2) is 14.0. The summed E-state index contributed by atoms with van der Waals surface area (Å²) in [5.41, 5.74) is 1.36. The predicted molar refractivity (Wildman–Crippen MR) is 135 cm³/mol. The van der Waals surface area contributed by atoms with Crippen molar-refractivity contribution in [3.63, 3.8) is 0 Å². The molecule has 190 valence electrons. The first kappa shape index (κ1) is 26.9. The summed E-state index contributed by atoms with van der Waals surface area (Å²) in [6.45, 7) is 0.752. The molecule has 0 fully saturated rings. The molecule has 36 heavy (non-hydrogen) atoms. The third kappa shape index (κ3) is 8.49. The van der Waals surface area contributed by atoms with Gasteiger partial charge < -0.3 is 29.4 Å². The van der Waals surface area contributed by atoms with Crippen LogP contribution in [0.1, 0.15) is 11.1 Å². The summed E-state index contributed by atoms with van der Waals surface area (Å²) < 4.78 is 35.2. The summed E-state index contributed by atoms with van der Waals surface area (Å²) in [5, 5.41) is 13.3. The van der Waals surface area contributed by atoms with Gasteiger partial charge in [-0.25, -0.2) is 9.18 Å². The van der Waals surface area contributed by atoms with Crippen LogP contribution in [0.2, 0.25) is 0 Å². The zero-order valence-corrected chi connectivity index (χ0v) is 20.2. The van der Waals surface area contributed by atoms with Gasteiger partial charge in [0.1, 0.15) is 30.0 Å². The number of aliphatic hydroxyl groups excluding tert-OH is 1. The monoisotopic (exact) mass is 495 g/mol. The highest BCUT2D eigenvalue weighted by atomic mass is 19.1. The number of carbonyl (C=O) groups is 1. The molecule has 0 amide bonds. The second-order valence-electron chi connectivity index (χ2n) is 7.85. The number of rotatable bonds is 13. The van der Waals surface area contributed by atoms with Gasteiger partial charge in [-0.1, -0.05) is 42.5 Å². The summed E-state index contributed by atoms with van der Waals surface area (Å²) in [5.74, 6) is 0.240. The number of ether oxygens (including phenoxy) is 4. The Morgan fingerprint density at radius 2 is 1.72 bits per heavy atom. The average molecular weight is 496 g/mol. The number of hydrogen-bond acceptors (Lipinski definition) is 7. The predicted octanol–water partition coefficient (Wildman–Crippen LogP) is 3.92. The number of benzene rings is 3. The molecule has 0 aliphatic heterocycles. The van der Waals surface area contributed by atoms with Gasteiger partial charge in [-0.05, 0) is 53.6 Å². The van der Waals surface area contributed by atoms with Crippen LogP contribution in [0.15, 0.2) is 78.9 Å². The fraction of sp³-hybridized carbons (Fsp3) is 0.250. The molecule has 3 rings (SSSR count). The van der Waals surface area contributed by atoms with Gasteiger partial charge >= 0.3 is 5.97 Å². The molecule has 0 aromatic heterocycles. The Labute approximate surface area is 210 Å². The van der Waals surface area contributed by atoms with Crippen molar-refractivity contribution in [3.8, 4) is 11.5 Å². The normalized spacial score (nSPS) is 13.1. The number of methoxy groups -OCH3 is 2. The van der Waals surface area contributed by atoms with Crippen LogP contribution >= 0.6 is 0 Å². The van der Waals surface area contributed by atoms with E-state index in [1.807, 2.05) is 30.3 Å². The number of hydrogen-bond donors (Lipinski definition) is 2. The number of para-hydroxylation sites is 1. The van der Waals surface area contributed by atoms with E-state index in [2.05, 4.69) is 5.32 Å². The van der Waals surface area contributed by atoms with Crippen LogP contribution in [-0.2, 0) is 14.3 Å². The van der Waals surface area contributed by atoms with Crippen molar-refractivity contribution < 1.29 is 33.2 Å². The standard InChI is InChI=1S/C28H30FNO6/c1-33-27(36-25-9-4-3-5-10-25)18-30-17-23(31)19-35-24-13-11-20(12-14-24)15-26(28(32)34-2)21-7-6-8-22(29)16-21/h3-16,23,27,30-31H,17-19H2,1-2H3. The average Bonchev–Trinajstić information content (AvgIpc) is 2.90. The highest BCUT2D eigenvalue weighted by molar-refractivity contribution is 6.21. The molecule has 0 aliphatic rings. The molecule has 3 aromatic carbocycles. The number of nitrogens with one attached hydrogen (secondary N) is 1. The van der Waals surface area contributed by atoms with Crippen LogP contribution in [0.25, 0.3) is 11.6 Å². The van der Waals surface area contributed by atoms with Crippen LogP contribution < -0.4 is 14.8 Å². The van der Waals surface area contributed by atoms with Gasteiger partial charge in [-0.15, -0.1) is 0 Å². The Bertz CT molecular complexity index is 1120. The first-order chi connectivity index (χ1) is 17.5. The summed E-state index contributed by atoms with van der Waals surface area (Å²) in [6.07, 6.45) is 0.369. The fourth-order valence-corrected chi connectivity index (χ4v) is 3.30. The van der Waals surface area contributed by atoms with Gasteiger partial charge in [0.25, 0.3) is 0 Å². The molecule has 0 saturated heterocycles. The van der Waals surface area contributed by atoms with E-state index in [0.29, 0.717) is 29.2 Å². The minimum absolute atomic E-state index is 0.0794. The maximum Gasteiger partial charge on any atom is 0.338 e. The lowest BCUT2D eigenvalue weighted by molar-refractivity contribution is -0.133. The molecule has 0 aliphatic carbocycles. The van der Waals surface area contributed by atoms with E-state index in [0.717, 1.165) is 0 Å². The van der Waals surface area contributed by atoms with Gasteiger partial charge in [0.2, 0.25) is 6.29 Å². The molecule has 0 bridgehead atoms. The molecule has 3 aromatic rings. The van der Waals surface area contributed by atoms with Crippen LogP contribution in [0.4, 0.5) is 4.39 Å². The van der Waals surface area contributed by atoms with Crippen LogP contribution in [-0.4, -0.2) is 57.4 Å². The summed E-state index contributed by atoms with van der Waals surface area (Å²) >= 11 is 0. The fourth-order valence-electron chi connectivity index (χ4n) is 3.30. The van der Waals surface area contributed by atoms with E-state index < -0.39 is 24.2 Å². The Morgan fingerprint density at radius 3 is 2.39 bits per heavy atom. The zero-order chi connectivity index (χ0) is 25.8. The Kier molecular flexibility index (Phi) is 10.4. The molecule has 0 radical (unpaired) electrons. The van der Waals surface area contributed by atoms with Gasteiger partial charge in [0.05, 0.1) is 19.2 Å². The van der Waals surface area contributed by atoms with Crippen molar-refractivity contribution >= 4 is 17.6 Å². The van der Waals surface area contributed by atoms with Crippen molar-refractivity contribution in [1.82, 2.24) is 5.32 Å². The third-order valence-corrected chi connectivity index (χ3v) is 5.14. The van der Waals surface area contributed by atoms with E-state index >= 15 is 0 Å². The molecular weight excluding hydrogens is 465 g/mol. The Morgan fingerprint density at radius 1 is 0.972 bits per heavy atom. The summed E-state index contributed by atoms with van der Waals surface area (Å²) in [7, 11) is 2.83. The highest BCUT2D eigenvalue weighted by Crippen LogP contribution is 2.22. The topological polar surface area (TPSA) is 86.3 Å². The number of halogens is 1. The maximum absolute atomic E-state index is 13.6. The molecule has 7 nitrogen and oxygen atoms in total. The lowest BCUT2D eigenvalue weighted by Crippen LogP contribution is -2.38. The first-order valence-corrected chi connectivity index (χ1v) is 11.4. The Balaban J connectivity index is 1.49. The molecule has 0 spiro atoms. The van der Waals surface area contributed by atoms with Crippen molar-refractivity contribution in [2.45, 2.75) is 12.4 Å². The molecule has 2 atom stereocenters. The maximum atomic E-state index is 13.6. The number of carbonyl (C=O) groups excluding carboxylic acids is 1. The number of esters is 1. The summed E-state index contributed by atoms with van der Waals surface area (Å²) in [4.78, 5) is 12.2. The molecule has 8 heteroatoms. The quantitative estimate of drug-likeness (QED) is 0.161. The molecular formula is C28H30FNO6. The van der Waals surface area contributed by atoms with Gasteiger partial charge in [-0.3, -0.25) is 0 Å². The molecule has 2 unspecified atom stereocenters. The highest BCUT2D eigenvalue weighted by Gasteiger charge is 2.14. The molecule has 2 N–H and O–H groups in total. The minimum atomic E-state index is -0.752. The van der Waals surface area contributed by atoms with Gasteiger partial charge in [-0.2, -0.15) is 0 Å². The van der Waals surface area contributed by atoms with Crippen LogP contribution in [0.5, 0.6) is 11.5 Å². The first-order valence-electron chi connectivity index (χ1n) is 11.4. The van der Waals surface area contributed by atoms with Crippen molar-refractivity contribution in [1.29, 1.82) is 0 Å². The smallest absolute Gasteiger partial charge is 0.338 e. The zero-order valence-electron chi connectivity index (χ0n) is 20.2. The lowest BCUT2D eigenvalue weighted by atomic mass is 10.0. The van der Waals surface area contributed by atoms with Crippen molar-refractivity contribution in [2.24, 2.45) is 0 Å². The van der Waals surface area contributed by atoms with Crippen LogP contribution in [0, 0.1) is 5.82 Å². The summed E-state index contributed by atoms with van der Waals surface area (Å²) in [6, 6.07) is 22.1. The Hall–Kier alpha value is -3.72. The van der Waals surface area contributed by atoms with E-state index in [1.54, 1.807) is 43.5 Å². The van der Waals surface area contributed by atoms with E-state index in [-0.39, 0.29) is 18.7 Å². The van der Waals surface area contributed by atoms with Gasteiger partial charge in [0, 0.05) is 13.7 Å². The van der Waals surface area contributed by atoms with Crippen LogP contribution in [0.3, 0.4) is 0 Å². The number of aliphatic hydroxyl groups is 1.